The van der Waals surface area contributed by atoms with Crippen LogP contribution in [0.4, 0.5) is 0 Å². The molecule has 260 valence electrons. The number of thiophene rings is 2. The van der Waals surface area contributed by atoms with Gasteiger partial charge in [0.05, 0.1) is 33.8 Å². The van der Waals surface area contributed by atoms with E-state index in [9.17, 15) is 0 Å². The van der Waals surface area contributed by atoms with Crippen LogP contribution in [0, 0.1) is 0 Å². The van der Waals surface area contributed by atoms with Crippen molar-refractivity contribution in [2.75, 3.05) is 0 Å². The Morgan fingerprint density at radius 2 is 0.941 bits per heavy atom. The summed E-state index contributed by atoms with van der Waals surface area (Å²) in [7, 11) is 0. The van der Waals surface area contributed by atoms with Gasteiger partial charge in [-0.3, -0.25) is 9.97 Å². The predicted octanol–water partition coefficient (Wildman–Crippen LogP) is 13.1. The number of fused-ring (bicyclic) bond motifs is 8. The van der Waals surface area contributed by atoms with Gasteiger partial charge in [-0.1, -0.05) is 78.1 Å². The molecule has 0 saturated heterocycles. The van der Waals surface area contributed by atoms with Gasteiger partial charge in [0.25, 0.3) is 0 Å². The average Bonchev–Trinajstić information content (AvgIpc) is 3.95. The summed E-state index contributed by atoms with van der Waals surface area (Å²) in [5, 5.41) is 6.58. The van der Waals surface area contributed by atoms with Crippen molar-refractivity contribution < 1.29 is 0 Å². The molecule has 2 aromatic carbocycles. The molecule has 0 aliphatic rings. The van der Waals surface area contributed by atoms with Crippen LogP contribution in [0.15, 0.2) is 59.6 Å². The van der Waals surface area contributed by atoms with Crippen LogP contribution in [0.25, 0.3) is 75.8 Å². The second-order valence-electron chi connectivity index (χ2n) is 13.8. The number of nitrogens with zero attached hydrogens (tertiary/aromatic N) is 6. The molecule has 6 nitrogen and oxygen atoms in total. The molecule has 0 radical (unpaired) electrons. The first-order valence-electron chi connectivity index (χ1n) is 18.8. The molecule has 0 amide bonds. The van der Waals surface area contributed by atoms with E-state index in [1.165, 1.54) is 110 Å². The minimum atomic E-state index is 0.847. The number of unbranched alkanes of at least 4 members (excludes halogenated alkanes) is 10. The lowest BCUT2D eigenvalue weighted by atomic mass is 9.99. The van der Waals surface area contributed by atoms with Crippen molar-refractivity contribution in [1.29, 1.82) is 0 Å². The second kappa shape index (κ2) is 15.8. The fraction of sp³-hybridized carbons (Fsp3) is 0.381. The van der Waals surface area contributed by atoms with Gasteiger partial charge in [-0.15, -0.1) is 22.7 Å². The van der Waals surface area contributed by atoms with E-state index in [4.69, 9.17) is 28.7 Å². The van der Waals surface area contributed by atoms with Gasteiger partial charge >= 0.3 is 0 Å². The van der Waals surface area contributed by atoms with Crippen LogP contribution >= 0.6 is 34.4 Å². The topological polar surface area (TPSA) is 77.3 Å². The van der Waals surface area contributed by atoms with E-state index in [0.29, 0.717) is 0 Å². The Bertz CT molecular complexity index is 2270. The largest absolute Gasteiger partial charge is 0.254 e. The fourth-order valence-electron chi connectivity index (χ4n) is 7.43. The summed E-state index contributed by atoms with van der Waals surface area (Å²) >= 11 is 4.86. The van der Waals surface area contributed by atoms with E-state index < -0.39 is 0 Å². The molecule has 8 rings (SSSR count). The second-order valence-corrected chi connectivity index (χ2v) is 16.2. The molecule has 0 unspecified atom stereocenters. The monoisotopic (exact) mass is 728 g/mol. The van der Waals surface area contributed by atoms with Gasteiger partial charge in [-0.25, -0.2) is 9.97 Å². The van der Waals surface area contributed by atoms with Gasteiger partial charge < -0.3 is 0 Å². The summed E-state index contributed by atoms with van der Waals surface area (Å²) in [5.41, 5.74) is 11.8. The van der Waals surface area contributed by atoms with Crippen LogP contribution < -0.4 is 0 Å². The molecule has 0 aliphatic heterocycles. The minimum Gasteiger partial charge on any atom is -0.254 e. The number of aryl methyl sites for hydroxylation is 2. The molecule has 51 heavy (non-hydrogen) atoms. The number of hydrogen-bond acceptors (Lipinski definition) is 9. The Balaban J connectivity index is 1.29. The Kier molecular flexibility index (Phi) is 10.6. The van der Waals surface area contributed by atoms with Crippen molar-refractivity contribution in [2.24, 2.45) is 0 Å². The zero-order valence-electron chi connectivity index (χ0n) is 29.6. The van der Waals surface area contributed by atoms with E-state index in [1.807, 2.05) is 24.5 Å². The molecule has 6 heterocycles. The normalized spacial score (nSPS) is 12.0. The summed E-state index contributed by atoms with van der Waals surface area (Å²) in [6, 6.07) is 12.9. The molecule has 0 aliphatic carbocycles. The van der Waals surface area contributed by atoms with Crippen LogP contribution in [0.5, 0.6) is 0 Å². The Labute approximate surface area is 311 Å². The molecule has 9 heteroatoms. The maximum atomic E-state index is 5.57. The van der Waals surface area contributed by atoms with Crippen molar-refractivity contribution in [1.82, 2.24) is 28.7 Å². The van der Waals surface area contributed by atoms with Crippen LogP contribution in [0.1, 0.15) is 102 Å². The van der Waals surface area contributed by atoms with E-state index in [1.54, 1.807) is 22.7 Å². The molecule has 0 saturated carbocycles. The van der Waals surface area contributed by atoms with Crippen molar-refractivity contribution >= 4 is 89.3 Å². The molecule has 8 aromatic rings. The third kappa shape index (κ3) is 6.88. The number of hydrogen-bond donors (Lipinski definition) is 0. The zero-order chi connectivity index (χ0) is 34.6. The molecule has 0 bridgehead atoms. The van der Waals surface area contributed by atoms with Crippen LogP contribution in [-0.2, 0) is 12.8 Å². The third-order valence-corrected chi connectivity index (χ3v) is 12.6. The summed E-state index contributed by atoms with van der Waals surface area (Å²) in [5.74, 6) is 0. The van der Waals surface area contributed by atoms with Gasteiger partial charge in [0.1, 0.15) is 22.1 Å². The number of pyridine rings is 2. The first-order chi connectivity index (χ1) is 25.2. The maximum absolute atomic E-state index is 5.57. The van der Waals surface area contributed by atoms with Crippen LogP contribution in [0.2, 0.25) is 0 Å². The molecule has 6 aromatic heterocycles. The Hall–Kier alpha value is -3.92. The van der Waals surface area contributed by atoms with Crippen molar-refractivity contribution in [3.8, 4) is 20.9 Å². The molecule has 0 fully saturated rings. The van der Waals surface area contributed by atoms with Crippen molar-refractivity contribution in [3.05, 3.63) is 70.7 Å². The van der Waals surface area contributed by atoms with Crippen LogP contribution in [0.3, 0.4) is 0 Å². The Morgan fingerprint density at radius 1 is 0.490 bits per heavy atom. The number of rotatable bonds is 16. The predicted molar refractivity (Wildman–Crippen MR) is 219 cm³/mol. The van der Waals surface area contributed by atoms with E-state index in [2.05, 4.69) is 48.9 Å². The third-order valence-electron chi connectivity index (χ3n) is 10.1. The molecular formula is C42H44N6S3. The standard InChI is InChI=1S/C42H44N6S3/c1-3-5-7-9-11-13-17-27-23-31(49-25-27)33-39-40(46-38-30-20-16-22-44-36(30)35-29(37(38)45-39)19-15-21-43-35)34(42-41(33)47-51-48-42)32-24-28(26-50-32)18-14-12-10-8-6-4-2/h15-16,19-26H,3-14,17-18H2,1-2H3. The minimum absolute atomic E-state index is 0.847. The summed E-state index contributed by atoms with van der Waals surface area (Å²) in [6.07, 6.45) is 21.4. The fourth-order valence-corrected chi connectivity index (χ4v) is 9.98. The average molecular weight is 729 g/mol. The van der Waals surface area contributed by atoms with Gasteiger partial charge in [-0.2, -0.15) is 8.75 Å². The Morgan fingerprint density at radius 3 is 1.41 bits per heavy atom. The maximum Gasteiger partial charge on any atom is 0.116 e. The molecule has 0 spiro atoms. The van der Waals surface area contributed by atoms with E-state index in [0.717, 1.165) is 78.9 Å². The first-order valence-corrected chi connectivity index (χ1v) is 21.3. The summed E-state index contributed by atoms with van der Waals surface area (Å²) in [6.45, 7) is 4.55. The number of aromatic nitrogens is 6. The lowest BCUT2D eigenvalue weighted by Gasteiger charge is -2.13. The molecular weight excluding hydrogens is 685 g/mol. The highest BCUT2D eigenvalue weighted by Crippen LogP contribution is 2.46. The smallest absolute Gasteiger partial charge is 0.116 e. The summed E-state index contributed by atoms with van der Waals surface area (Å²) in [4.78, 5) is 23.1. The highest BCUT2D eigenvalue weighted by atomic mass is 32.1. The van der Waals surface area contributed by atoms with Gasteiger partial charge in [0, 0.05) is 44.0 Å². The summed E-state index contributed by atoms with van der Waals surface area (Å²) < 4.78 is 9.96. The zero-order valence-corrected chi connectivity index (χ0v) is 32.0. The van der Waals surface area contributed by atoms with E-state index in [-0.39, 0.29) is 0 Å². The quantitative estimate of drug-likeness (QED) is 0.0560. The lowest BCUT2D eigenvalue weighted by molar-refractivity contribution is 0.608. The van der Waals surface area contributed by atoms with E-state index >= 15 is 0 Å². The highest BCUT2D eigenvalue weighted by Gasteiger charge is 2.25. The van der Waals surface area contributed by atoms with Gasteiger partial charge in [0.15, 0.2) is 0 Å². The first kappa shape index (κ1) is 34.2. The number of benzene rings is 2. The SMILES string of the molecule is CCCCCCCCc1csc(-c2c3nsnc3c(-c3cc(CCCCCCCC)cs3)c3nc4c5cccnc5c5ncccc5c4nc23)c1. The molecule has 0 N–H and O–H groups in total. The van der Waals surface area contributed by atoms with Crippen molar-refractivity contribution in [2.45, 2.75) is 104 Å². The highest BCUT2D eigenvalue weighted by molar-refractivity contribution is 7.14. The lowest BCUT2D eigenvalue weighted by Crippen LogP contribution is -1.97. The van der Waals surface area contributed by atoms with Gasteiger partial charge in [-0.05, 0) is 84.0 Å². The van der Waals surface area contributed by atoms with Crippen LogP contribution in [-0.4, -0.2) is 28.7 Å². The molecule has 0 atom stereocenters. The van der Waals surface area contributed by atoms with Gasteiger partial charge in [0.2, 0.25) is 0 Å². The van der Waals surface area contributed by atoms with Crippen molar-refractivity contribution in [3.63, 3.8) is 0 Å².